The van der Waals surface area contributed by atoms with Crippen molar-refractivity contribution in [3.8, 4) is 0 Å². The minimum Gasteiger partial charge on any atom is -0.351 e. The van der Waals surface area contributed by atoms with Crippen molar-refractivity contribution in [2.45, 2.75) is 6.54 Å². The van der Waals surface area contributed by atoms with Gasteiger partial charge in [-0.15, -0.1) is 11.3 Å². The predicted octanol–water partition coefficient (Wildman–Crippen LogP) is 2.77. The summed E-state index contributed by atoms with van der Waals surface area (Å²) in [5.74, 6) is 0.0941. The maximum absolute atomic E-state index is 11.8. The molecule has 0 N–H and O–H groups in total. The maximum Gasteiger partial charge on any atom is 0.292 e. The van der Waals surface area contributed by atoms with Gasteiger partial charge in [0.2, 0.25) is 5.76 Å². The van der Waals surface area contributed by atoms with Gasteiger partial charge in [-0.2, -0.15) is 0 Å². The lowest BCUT2D eigenvalue weighted by Gasteiger charge is -2.13. The van der Waals surface area contributed by atoms with Gasteiger partial charge in [0.15, 0.2) is 0 Å². The highest BCUT2D eigenvalue weighted by Gasteiger charge is 2.15. The lowest BCUT2D eigenvalue weighted by molar-refractivity contribution is 0.0743. The molecule has 0 saturated heterocycles. The standard InChI is InChI=1S/C10H9BrN2O2S/c1-13(5-7-4-9(11)16-6-7)10(14)8-2-3-12-15-8/h2-4,6H,5H2,1H3. The van der Waals surface area contributed by atoms with E-state index in [0.29, 0.717) is 6.54 Å². The van der Waals surface area contributed by atoms with E-state index in [-0.39, 0.29) is 11.7 Å². The van der Waals surface area contributed by atoms with Crippen LogP contribution >= 0.6 is 27.3 Å². The summed E-state index contributed by atoms with van der Waals surface area (Å²) in [7, 11) is 1.73. The number of thiophene rings is 1. The Kier molecular flexibility index (Phi) is 3.40. The molecule has 0 saturated carbocycles. The zero-order valence-corrected chi connectivity index (χ0v) is 10.9. The van der Waals surface area contributed by atoms with Crippen molar-refractivity contribution in [2.24, 2.45) is 0 Å². The first kappa shape index (κ1) is 11.3. The second-order valence-electron chi connectivity index (χ2n) is 3.30. The van der Waals surface area contributed by atoms with Gasteiger partial charge in [-0.3, -0.25) is 4.79 Å². The summed E-state index contributed by atoms with van der Waals surface area (Å²) in [5, 5.41) is 5.52. The topological polar surface area (TPSA) is 46.3 Å². The molecule has 0 aliphatic rings. The Balaban J connectivity index is 2.03. The fourth-order valence-corrected chi connectivity index (χ4v) is 2.49. The lowest BCUT2D eigenvalue weighted by Crippen LogP contribution is -2.25. The maximum atomic E-state index is 11.8. The van der Waals surface area contributed by atoms with Crippen molar-refractivity contribution < 1.29 is 9.32 Å². The van der Waals surface area contributed by atoms with E-state index in [1.807, 2.05) is 11.4 Å². The largest absolute Gasteiger partial charge is 0.351 e. The van der Waals surface area contributed by atoms with Crippen LogP contribution in [0.1, 0.15) is 16.1 Å². The summed E-state index contributed by atoms with van der Waals surface area (Å²) in [6.07, 6.45) is 1.46. The van der Waals surface area contributed by atoms with Gasteiger partial charge < -0.3 is 9.42 Å². The Morgan fingerprint density at radius 3 is 3.06 bits per heavy atom. The number of hydrogen-bond acceptors (Lipinski definition) is 4. The van der Waals surface area contributed by atoms with E-state index in [0.717, 1.165) is 9.35 Å². The van der Waals surface area contributed by atoms with Crippen molar-refractivity contribution in [1.82, 2.24) is 10.1 Å². The highest BCUT2D eigenvalue weighted by atomic mass is 79.9. The van der Waals surface area contributed by atoms with Crippen LogP contribution in [0.25, 0.3) is 0 Å². The van der Waals surface area contributed by atoms with E-state index >= 15 is 0 Å². The van der Waals surface area contributed by atoms with Crippen LogP contribution in [0, 0.1) is 0 Å². The highest BCUT2D eigenvalue weighted by Crippen LogP contribution is 2.21. The molecule has 0 aliphatic carbocycles. The molecule has 0 radical (unpaired) electrons. The van der Waals surface area contributed by atoms with E-state index in [1.54, 1.807) is 29.4 Å². The predicted molar refractivity (Wildman–Crippen MR) is 64.3 cm³/mol. The number of rotatable bonds is 3. The third-order valence-electron chi connectivity index (χ3n) is 2.04. The van der Waals surface area contributed by atoms with Gasteiger partial charge in [0.25, 0.3) is 5.91 Å². The van der Waals surface area contributed by atoms with Crippen LogP contribution in [0.3, 0.4) is 0 Å². The van der Waals surface area contributed by atoms with E-state index in [4.69, 9.17) is 4.52 Å². The Bertz CT molecular complexity index is 481. The van der Waals surface area contributed by atoms with Crippen molar-refractivity contribution >= 4 is 33.2 Å². The minimum absolute atomic E-state index is 0.167. The SMILES string of the molecule is CN(Cc1csc(Br)c1)C(=O)c1ccno1. The Morgan fingerprint density at radius 1 is 1.69 bits per heavy atom. The fraction of sp³-hybridized carbons (Fsp3) is 0.200. The summed E-state index contributed by atoms with van der Waals surface area (Å²) in [4.78, 5) is 13.4. The molecule has 84 valence electrons. The molecular weight excluding hydrogens is 292 g/mol. The van der Waals surface area contributed by atoms with Crippen LogP contribution < -0.4 is 0 Å². The van der Waals surface area contributed by atoms with Gasteiger partial charge in [-0.1, -0.05) is 5.16 Å². The van der Waals surface area contributed by atoms with E-state index in [2.05, 4.69) is 21.1 Å². The third-order valence-corrected chi connectivity index (χ3v) is 3.59. The molecule has 2 rings (SSSR count). The van der Waals surface area contributed by atoms with Gasteiger partial charge in [0.1, 0.15) is 0 Å². The molecule has 2 aromatic heterocycles. The summed E-state index contributed by atoms with van der Waals surface area (Å²) < 4.78 is 5.87. The number of halogens is 1. The van der Waals surface area contributed by atoms with Crippen molar-refractivity contribution in [3.63, 3.8) is 0 Å². The monoisotopic (exact) mass is 300 g/mol. The lowest BCUT2D eigenvalue weighted by atomic mass is 10.3. The smallest absolute Gasteiger partial charge is 0.292 e. The van der Waals surface area contributed by atoms with Crippen LogP contribution in [-0.4, -0.2) is 23.0 Å². The summed E-state index contributed by atoms with van der Waals surface area (Å²) >= 11 is 4.98. The Morgan fingerprint density at radius 2 is 2.50 bits per heavy atom. The molecule has 0 atom stereocenters. The van der Waals surface area contributed by atoms with Crippen molar-refractivity contribution in [1.29, 1.82) is 0 Å². The summed E-state index contributed by atoms with van der Waals surface area (Å²) in [6, 6.07) is 3.55. The number of carbonyl (C=O) groups excluding carboxylic acids is 1. The van der Waals surface area contributed by atoms with Gasteiger partial charge in [-0.25, -0.2) is 0 Å². The molecular formula is C10H9BrN2O2S. The minimum atomic E-state index is -0.167. The molecule has 4 nitrogen and oxygen atoms in total. The van der Waals surface area contributed by atoms with Gasteiger partial charge in [-0.05, 0) is 32.9 Å². The first-order valence-electron chi connectivity index (χ1n) is 4.56. The van der Waals surface area contributed by atoms with E-state index in [1.165, 1.54) is 6.20 Å². The summed E-state index contributed by atoms with van der Waals surface area (Å²) in [6.45, 7) is 0.557. The van der Waals surface area contributed by atoms with Gasteiger partial charge in [0, 0.05) is 19.7 Å². The third kappa shape index (κ3) is 2.51. The number of nitrogens with zero attached hydrogens (tertiary/aromatic N) is 2. The van der Waals surface area contributed by atoms with Crippen LogP contribution in [0.2, 0.25) is 0 Å². The molecule has 1 amide bonds. The van der Waals surface area contributed by atoms with Crippen molar-refractivity contribution in [3.05, 3.63) is 38.8 Å². The molecule has 0 bridgehead atoms. The second kappa shape index (κ2) is 4.80. The van der Waals surface area contributed by atoms with Gasteiger partial charge in [0.05, 0.1) is 9.98 Å². The molecule has 0 unspecified atom stereocenters. The molecule has 2 aromatic rings. The number of hydrogen-bond donors (Lipinski definition) is 0. The molecule has 0 spiro atoms. The van der Waals surface area contributed by atoms with Crippen LogP contribution in [0.4, 0.5) is 0 Å². The summed E-state index contributed by atoms with van der Waals surface area (Å²) in [5.41, 5.74) is 1.09. The fourth-order valence-electron chi connectivity index (χ4n) is 1.29. The molecule has 6 heteroatoms. The quantitative estimate of drug-likeness (QED) is 0.875. The Hall–Kier alpha value is -1.14. The molecule has 0 fully saturated rings. The van der Waals surface area contributed by atoms with E-state index < -0.39 is 0 Å². The molecule has 2 heterocycles. The van der Waals surface area contributed by atoms with Crippen LogP contribution in [-0.2, 0) is 6.54 Å². The zero-order chi connectivity index (χ0) is 11.5. The molecule has 0 aromatic carbocycles. The number of amides is 1. The first-order valence-corrected chi connectivity index (χ1v) is 6.23. The zero-order valence-electron chi connectivity index (χ0n) is 8.51. The molecule has 0 aliphatic heterocycles. The van der Waals surface area contributed by atoms with Gasteiger partial charge >= 0.3 is 0 Å². The van der Waals surface area contributed by atoms with Crippen molar-refractivity contribution in [2.75, 3.05) is 7.05 Å². The van der Waals surface area contributed by atoms with E-state index in [9.17, 15) is 4.79 Å². The Labute approximate surface area is 105 Å². The second-order valence-corrected chi connectivity index (χ2v) is 5.59. The highest BCUT2D eigenvalue weighted by molar-refractivity contribution is 9.11. The molecule has 16 heavy (non-hydrogen) atoms. The van der Waals surface area contributed by atoms with Crippen LogP contribution in [0.5, 0.6) is 0 Å². The average Bonchev–Trinajstić information content (AvgIpc) is 2.88. The van der Waals surface area contributed by atoms with Crippen LogP contribution in [0.15, 0.2) is 32.0 Å². The first-order chi connectivity index (χ1) is 7.66. The number of carbonyl (C=O) groups is 1. The normalized spacial score (nSPS) is 10.4. The number of aromatic nitrogens is 1. The average molecular weight is 301 g/mol.